The number of methoxy groups -OCH3 is 1. The van der Waals surface area contributed by atoms with Gasteiger partial charge in [-0.3, -0.25) is 0 Å². The summed E-state index contributed by atoms with van der Waals surface area (Å²) in [5.74, 6) is 0.678. The second kappa shape index (κ2) is 7.26. The van der Waals surface area contributed by atoms with Crippen LogP contribution in [0.15, 0.2) is 29.2 Å². The van der Waals surface area contributed by atoms with Crippen molar-refractivity contribution >= 4 is 22.5 Å². The lowest BCUT2D eigenvalue weighted by atomic mass is 9.84. The zero-order chi connectivity index (χ0) is 16.2. The Kier molecular flexibility index (Phi) is 5.83. The third-order valence-electron chi connectivity index (χ3n) is 4.70. The maximum Gasteiger partial charge on any atom is 0.184 e. The lowest BCUT2D eigenvalue weighted by Crippen LogP contribution is -2.43. The molecule has 0 heterocycles. The number of ether oxygens (including phenoxy) is 1. The van der Waals surface area contributed by atoms with Gasteiger partial charge in [0.15, 0.2) is 9.84 Å². The molecule has 1 aliphatic rings. The zero-order valence-corrected chi connectivity index (χ0v) is 15.1. The molecular weight excluding hydrogens is 316 g/mol. The van der Waals surface area contributed by atoms with E-state index in [1.807, 2.05) is 0 Å². The molecule has 0 aliphatic heterocycles. The topological polar surface area (TPSA) is 43.4 Å². The number of hydrogen-bond acceptors (Lipinski definition) is 4. The van der Waals surface area contributed by atoms with Gasteiger partial charge in [0.2, 0.25) is 0 Å². The van der Waals surface area contributed by atoms with Gasteiger partial charge in [-0.05, 0) is 49.9 Å². The van der Waals surface area contributed by atoms with Crippen molar-refractivity contribution in [3.05, 3.63) is 24.3 Å². The van der Waals surface area contributed by atoms with Crippen LogP contribution in [0.4, 0.5) is 0 Å². The van der Waals surface area contributed by atoms with E-state index in [2.05, 4.69) is 19.6 Å². The molecule has 0 N–H and O–H groups in total. The number of hydrogen-bond donors (Lipinski definition) is 1. The van der Waals surface area contributed by atoms with E-state index in [1.165, 1.54) is 0 Å². The van der Waals surface area contributed by atoms with Crippen LogP contribution < -0.4 is 4.74 Å². The molecule has 1 fully saturated rings. The Morgan fingerprint density at radius 2 is 2.00 bits per heavy atom. The smallest absolute Gasteiger partial charge is 0.184 e. The molecule has 0 amide bonds. The van der Waals surface area contributed by atoms with Crippen molar-refractivity contribution in [2.75, 3.05) is 7.11 Å². The summed E-state index contributed by atoms with van der Waals surface area (Å²) >= 11 is 4.59. The summed E-state index contributed by atoms with van der Waals surface area (Å²) in [6.07, 6.45) is 6.03. The predicted octanol–water partition coefficient (Wildman–Crippen LogP) is 4.27. The number of unbranched alkanes of at least 4 members (excludes halogenated alkanes) is 1. The third-order valence-corrected chi connectivity index (χ3v) is 7.75. The lowest BCUT2D eigenvalue weighted by Gasteiger charge is -2.39. The fourth-order valence-corrected chi connectivity index (χ4v) is 6.30. The Bertz CT molecular complexity index is 580. The second-order valence-electron chi connectivity index (χ2n) is 6.22. The van der Waals surface area contributed by atoms with E-state index in [0.717, 1.165) is 38.5 Å². The van der Waals surface area contributed by atoms with Crippen molar-refractivity contribution in [1.82, 2.24) is 0 Å². The Morgan fingerprint density at radius 3 is 2.55 bits per heavy atom. The van der Waals surface area contributed by atoms with Crippen LogP contribution in [0.25, 0.3) is 0 Å². The summed E-state index contributed by atoms with van der Waals surface area (Å²) in [5.41, 5.74) is 0. The second-order valence-corrected chi connectivity index (χ2v) is 9.29. The number of thiol groups is 1. The van der Waals surface area contributed by atoms with Gasteiger partial charge >= 0.3 is 0 Å². The first kappa shape index (κ1) is 17.7. The van der Waals surface area contributed by atoms with Crippen LogP contribution >= 0.6 is 12.6 Å². The first-order chi connectivity index (χ1) is 10.4. The molecule has 1 aliphatic carbocycles. The molecule has 2 unspecified atom stereocenters. The molecule has 0 spiro atoms. The van der Waals surface area contributed by atoms with E-state index in [1.54, 1.807) is 31.4 Å². The molecule has 5 heteroatoms. The van der Waals surface area contributed by atoms with E-state index in [0.29, 0.717) is 17.1 Å². The first-order valence-electron chi connectivity index (χ1n) is 8.02. The minimum absolute atomic E-state index is 0.179. The summed E-state index contributed by atoms with van der Waals surface area (Å²) in [7, 11) is -1.78. The molecule has 0 radical (unpaired) electrons. The summed E-state index contributed by atoms with van der Waals surface area (Å²) in [5, 5.41) is 0.179. The van der Waals surface area contributed by atoms with E-state index >= 15 is 0 Å². The molecule has 2 rings (SSSR count). The van der Waals surface area contributed by atoms with Crippen LogP contribution in [-0.2, 0) is 9.84 Å². The molecule has 1 aromatic rings. The van der Waals surface area contributed by atoms with E-state index < -0.39 is 14.6 Å². The highest BCUT2D eigenvalue weighted by molar-refractivity contribution is 7.93. The van der Waals surface area contributed by atoms with Crippen molar-refractivity contribution in [1.29, 1.82) is 0 Å². The standard InChI is InChI=1S/C17H26O3S2/c1-3-4-11-17(12-5-6-15(21)13-17)22(18,19)16-9-7-14(20-2)8-10-16/h7-10,15,21H,3-6,11-13H2,1-2H3. The van der Waals surface area contributed by atoms with Crippen molar-refractivity contribution in [2.45, 2.75) is 66.8 Å². The Morgan fingerprint density at radius 1 is 1.32 bits per heavy atom. The van der Waals surface area contributed by atoms with Gasteiger partial charge in [-0.25, -0.2) is 8.42 Å². The van der Waals surface area contributed by atoms with Gasteiger partial charge in [0.05, 0.1) is 16.8 Å². The number of benzene rings is 1. The van der Waals surface area contributed by atoms with Crippen molar-refractivity contribution in [3.8, 4) is 5.75 Å². The van der Waals surface area contributed by atoms with Crippen molar-refractivity contribution in [3.63, 3.8) is 0 Å². The molecule has 3 nitrogen and oxygen atoms in total. The first-order valence-corrected chi connectivity index (χ1v) is 10.0. The third kappa shape index (κ3) is 3.46. The molecule has 2 atom stereocenters. The van der Waals surface area contributed by atoms with Crippen molar-refractivity contribution in [2.24, 2.45) is 0 Å². The van der Waals surface area contributed by atoms with Crippen LogP contribution in [0.2, 0.25) is 0 Å². The van der Waals surface area contributed by atoms with Crippen LogP contribution in [-0.4, -0.2) is 25.5 Å². The molecule has 124 valence electrons. The maximum atomic E-state index is 13.3. The van der Waals surface area contributed by atoms with Gasteiger partial charge in [-0.15, -0.1) is 0 Å². The van der Waals surface area contributed by atoms with Crippen molar-refractivity contribution < 1.29 is 13.2 Å². The SMILES string of the molecule is CCCCC1(S(=O)(=O)c2ccc(OC)cc2)CCCC(S)C1. The molecule has 1 saturated carbocycles. The van der Waals surface area contributed by atoms with Crippen LogP contribution in [0, 0.1) is 0 Å². The molecule has 22 heavy (non-hydrogen) atoms. The summed E-state index contributed by atoms with van der Waals surface area (Å²) in [4.78, 5) is 0.409. The fourth-order valence-electron chi connectivity index (χ4n) is 3.40. The summed E-state index contributed by atoms with van der Waals surface area (Å²) in [6.45, 7) is 2.11. The van der Waals surface area contributed by atoms with Crippen LogP contribution in [0.1, 0.15) is 51.9 Å². The molecule has 0 bridgehead atoms. The van der Waals surface area contributed by atoms with Crippen LogP contribution in [0.5, 0.6) is 5.75 Å². The maximum absolute atomic E-state index is 13.3. The number of sulfone groups is 1. The van der Waals surface area contributed by atoms with Gasteiger partial charge < -0.3 is 4.74 Å². The molecule has 1 aromatic carbocycles. The Balaban J connectivity index is 2.39. The minimum atomic E-state index is -3.36. The Hall–Kier alpha value is -0.680. The van der Waals surface area contributed by atoms with E-state index in [4.69, 9.17) is 4.74 Å². The lowest BCUT2D eigenvalue weighted by molar-refractivity contribution is 0.354. The molecular formula is C17H26O3S2. The monoisotopic (exact) mass is 342 g/mol. The average molecular weight is 343 g/mol. The highest BCUT2D eigenvalue weighted by Gasteiger charge is 2.46. The largest absolute Gasteiger partial charge is 0.497 e. The fraction of sp³-hybridized carbons (Fsp3) is 0.647. The van der Waals surface area contributed by atoms with E-state index in [9.17, 15) is 8.42 Å². The highest BCUT2D eigenvalue weighted by atomic mass is 32.2. The average Bonchev–Trinajstić information content (AvgIpc) is 2.53. The van der Waals surface area contributed by atoms with Gasteiger partial charge in [0.1, 0.15) is 5.75 Å². The molecule has 0 saturated heterocycles. The minimum Gasteiger partial charge on any atom is -0.497 e. The zero-order valence-electron chi connectivity index (χ0n) is 13.4. The number of rotatable bonds is 6. The van der Waals surface area contributed by atoms with Gasteiger partial charge in [0.25, 0.3) is 0 Å². The quantitative estimate of drug-likeness (QED) is 0.785. The summed E-state index contributed by atoms with van der Waals surface area (Å²) in [6, 6.07) is 6.79. The Labute approximate surface area is 139 Å². The highest BCUT2D eigenvalue weighted by Crippen LogP contribution is 2.44. The summed E-state index contributed by atoms with van der Waals surface area (Å²) < 4.78 is 31.0. The van der Waals surface area contributed by atoms with Gasteiger partial charge in [-0.2, -0.15) is 12.6 Å². The van der Waals surface area contributed by atoms with Gasteiger partial charge in [0, 0.05) is 5.25 Å². The normalized spacial score (nSPS) is 25.9. The predicted molar refractivity (Wildman–Crippen MR) is 93.7 cm³/mol. The molecule has 0 aromatic heterocycles. The van der Waals surface area contributed by atoms with Gasteiger partial charge in [-0.1, -0.05) is 26.2 Å². The van der Waals surface area contributed by atoms with Crippen LogP contribution in [0.3, 0.4) is 0 Å². The van der Waals surface area contributed by atoms with E-state index in [-0.39, 0.29) is 5.25 Å².